The number of hydrogen-bond acceptors (Lipinski definition) is 1. The van der Waals surface area contributed by atoms with Crippen LogP contribution < -0.4 is 0 Å². The monoisotopic (exact) mass is 278 g/mol. The van der Waals surface area contributed by atoms with Gasteiger partial charge in [0.05, 0.1) is 0 Å². The highest BCUT2D eigenvalue weighted by Gasteiger charge is 2.35. The second kappa shape index (κ2) is 7.61. The van der Waals surface area contributed by atoms with E-state index in [4.69, 9.17) is 0 Å². The van der Waals surface area contributed by atoms with Crippen LogP contribution in [0.5, 0.6) is 0 Å². The molecule has 0 bridgehead atoms. The van der Waals surface area contributed by atoms with Gasteiger partial charge in [-0.1, -0.05) is 40.0 Å². The van der Waals surface area contributed by atoms with E-state index in [2.05, 4.69) is 13.8 Å². The number of carbonyl (C=O) groups excluding carboxylic acids is 1. The lowest BCUT2D eigenvalue weighted by molar-refractivity contribution is -0.124. The molecular formula is C19H34O. The van der Waals surface area contributed by atoms with E-state index in [9.17, 15) is 4.79 Å². The van der Waals surface area contributed by atoms with Crippen molar-refractivity contribution in [2.75, 3.05) is 0 Å². The molecule has 116 valence electrons. The lowest BCUT2D eigenvalue weighted by Gasteiger charge is -2.41. The molecule has 0 aliphatic heterocycles. The van der Waals surface area contributed by atoms with Gasteiger partial charge in [0.1, 0.15) is 5.78 Å². The highest BCUT2D eigenvalue weighted by atomic mass is 16.1. The van der Waals surface area contributed by atoms with E-state index in [-0.39, 0.29) is 0 Å². The average Bonchev–Trinajstić information content (AvgIpc) is 2.47. The van der Waals surface area contributed by atoms with Crippen LogP contribution in [-0.4, -0.2) is 5.78 Å². The van der Waals surface area contributed by atoms with Crippen LogP contribution in [-0.2, 0) is 4.79 Å². The van der Waals surface area contributed by atoms with Crippen molar-refractivity contribution in [1.29, 1.82) is 0 Å². The summed E-state index contributed by atoms with van der Waals surface area (Å²) in [6.07, 6.45) is 12.9. The molecule has 0 amide bonds. The Bertz CT molecular complexity index is 301. The Morgan fingerprint density at radius 1 is 1.00 bits per heavy atom. The van der Waals surface area contributed by atoms with Crippen molar-refractivity contribution in [2.24, 2.45) is 29.6 Å². The Hall–Kier alpha value is -0.330. The molecule has 2 saturated carbocycles. The summed E-state index contributed by atoms with van der Waals surface area (Å²) in [6.45, 7) is 6.84. The first-order valence-electron chi connectivity index (χ1n) is 9.18. The Morgan fingerprint density at radius 2 is 1.70 bits per heavy atom. The molecule has 0 aromatic rings. The number of ketones is 1. The van der Waals surface area contributed by atoms with Gasteiger partial charge in [-0.2, -0.15) is 0 Å². The van der Waals surface area contributed by atoms with Crippen molar-refractivity contribution < 1.29 is 4.79 Å². The lowest BCUT2D eigenvalue weighted by Crippen LogP contribution is -2.32. The standard InChI is InChI=1S/C19H34O/c1-4-6-15-7-12-18(14(3)13-15)16-8-10-17(11-9-16)19(20)5-2/h14-18H,4-13H2,1-3H3. The van der Waals surface area contributed by atoms with Gasteiger partial charge < -0.3 is 0 Å². The Balaban J connectivity index is 1.81. The van der Waals surface area contributed by atoms with Crippen molar-refractivity contribution in [3.05, 3.63) is 0 Å². The van der Waals surface area contributed by atoms with Crippen LogP contribution in [0.4, 0.5) is 0 Å². The minimum atomic E-state index is 0.406. The first-order chi connectivity index (χ1) is 9.65. The van der Waals surface area contributed by atoms with Gasteiger partial charge in [0.25, 0.3) is 0 Å². The molecule has 0 heterocycles. The second-order valence-electron chi connectivity index (χ2n) is 7.54. The molecule has 3 unspecified atom stereocenters. The topological polar surface area (TPSA) is 17.1 Å². The molecule has 0 radical (unpaired) electrons. The SMILES string of the molecule is CCCC1CCC(C2CCC(C(=O)CC)CC2)C(C)C1. The molecule has 20 heavy (non-hydrogen) atoms. The maximum absolute atomic E-state index is 11.8. The Morgan fingerprint density at radius 3 is 2.25 bits per heavy atom. The van der Waals surface area contributed by atoms with Crippen LogP contribution in [0.2, 0.25) is 0 Å². The highest BCUT2D eigenvalue weighted by Crippen LogP contribution is 2.45. The van der Waals surface area contributed by atoms with Gasteiger partial charge in [-0.3, -0.25) is 4.79 Å². The fourth-order valence-corrected chi connectivity index (χ4v) is 5.06. The summed E-state index contributed by atoms with van der Waals surface area (Å²) in [5.74, 6) is 4.73. The minimum absolute atomic E-state index is 0.406. The molecule has 1 heteroatoms. The zero-order valence-corrected chi connectivity index (χ0v) is 13.9. The molecular weight excluding hydrogens is 244 g/mol. The van der Waals surface area contributed by atoms with Gasteiger partial charge in [-0.05, 0) is 62.2 Å². The maximum Gasteiger partial charge on any atom is 0.135 e. The molecule has 0 spiro atoms. The molecule has 2 aliphatic carbocycles. The quantitative estimate of drug-likeness (QED) is 0.637. The summed E-state index contributed by atoms with van der Waals surface area (Å²) in [5, 5.41) is 0. The van der Waals surface area contributed by atoms with Crippen LogP contribution in [0.3, 0.4) is 0 Å². The third kappa shape index (κ3) is 3.86. The van der Waals surface area contributed by atoms with Crippen LogP contribution >= 0.6 is 0 Å². The van der Waals surface area contributed by atoms with Gasteiger partial charge in [0, 0.05) is 12.3 Å². The molecule has 2 aliphatic rings. The van der Waals surface area contributed by atoms with Crippen molar-refractivity contribution in [3.8, 4) is 0 Å². The highest BCUT2D eigenvalue weighted by molar-refractivity contribution is 5.80. The first kappa shape index (κ1) is 16.0. The van der Waals surface area contributed by atoms with Crippen LogP contribution in [0, 0.1) is 29.6 Å². The molecule has 2 fully saturated rings. The van der Waals surface area contributed by atoms with Gasteiger partial charge in [0.2, 0.25) is 0 Å². The predicted molar refractivity (Wildman–Crippen MR) is 85.6 cm³/mol. The molecule has 3 atom stereocenters. The summed E-state index contributed by atoms with van der Waals surface area (Å²) < 4.78 is 0. The van der Waals surface area contributed by atoms with Crippen molar-refractivity contribution in [2.45, 2.75) is 85.0 Å². The van der Waals surface area contributed by atoms with Crippen LogP contribution in [0.1, 0.15) is 85.0 Å². The minimum Gasteiger partial charge on any atom is -0.299 e. The maximum atomic E-state index is 11.8. The van der Waals surface area contributed by atoms with Gasteiger partial charge >= 0.3 is 0 Å². The normalized spacial score (nSPS) is 38.6. The average molecular weight is 278 g/mol. The molecule has 0 saturated heterocycles. The number of rotatable bonds is 5. The molecule has 0 N–H and O–H groups in total. The number of hydrogen-bond donors (Lipinski definition) is 0. The number of carbonyl (C=O) groups is 1. The smallest absolute Gasteiger partial charge is 0.135 e. The fraction of sp³-hybridized carbons (Fsp3) is 0.947. The van der Waals surface area contributed by atoms with E-state index in [1.54, 1.807) is 0 Å². The largest absolute Gasteiger partial charge is 0.299 e. The predicted octanol–water partition coefficient (Wildman–Crippen LogP) is 5.62. The summed E-state index contributed by atoms with van der Waals surface area (Å²) >= 11 is 0. The van der Waals surface area contributed by atoms with Gasteiger partial charge in [0.15, 0.2) is 0 Å². The second-order valence-corrected chi connectivity index (χ2v) is 7.54. The zero-order chi connectivity index (χ0) is 14.5. The van der Waals surface area contributed by atoms with E-state index in [1.165, 1.54) is 57.8 Å². The van der Waals surface area contributed by atoms with Crippen molar-refractivity contribution >= 4 is 5.78 Å². The van der Waals surface area contributed by atoms with Crippen molar-refractivity contribution in [1.82, 2.24) is 0 Å². The summed E-state index contributed by atoms with van der Waals surface area (Å²) in [7, 11) is 0. The lowest BCUT2D eigenvalue weighted by atomic mass is 9.64. The van der Waals surface area contributed by atoms with Crippen molar-refractivity contribution in [3.63, 3.8) is 0 Å². The third-order valence-electron chi connectivity index (χ3n) is 6.22. The molecule has 0 aromatic heterocycles. The van der Waals surface area contributed by atoms with E-state index < -0.39 is 0 Å². The van der Waals surface area contributed by atoms with E-state index in [0.717, 1.165) is 30.1 Å². The van der Waals surface area contributed by atoms with Gasteiger partial charge in [-0.25, -0.2) is 0 Å². The van der Waals surface area contributed by atoms with Crippen LogP contribution in [0.25, 0.3) is 0 Å². The Kier molecular flexibility index (Phi) is 6.11. The molecule has 1 nitrogen and oxygen atoms in total. The van der Waals surface area contributed by atoms with Gasteiger partial charge in [-0.15, -0.1) is 0 Å². The van der Waals surface area contributed by atoms with Crippen LogP contribution in [0.15, 0.2) is 0 Å². The Labute approximate surface area is 125 Å². The summed E-state index contributed by atoms with van der Waals surface area (Å²) in [6, 6.07) is 0. The zero-order valence-electron chi connectivity index (χ0n) is 13.9. The first-order valence-corrected chi connectivity index (χ1v) is 9.18. The number of Topliss-reactive ketones (excluding diaryl/α,β-unsaturated/α-hetero) is 1. The molecule has 2 rings (SSSR count). The fourth-order valence-electron chi connectivity index (χ4n) is 5.06. The van der Waals surface area contributed by atoms with E-state index in [1.807, 2.05) is 6.92 Å². The van der Waals surface area contributed by atoms with E-state index in [0.29, 0.717) is 11.7 Å². The summed E-state index contributed by atoms with van der Waals surface area (Å²) in [4.78, 5) is 11.8. The third-order valence-corrected chi connectivity index (χ3v) is 6.22. The van der Waals surface area contributed by atoms with E-state index >= 15 is 0 Å². The summed E-state index contributed by atoms with van der Waals surface area (Å²) in [5.41, 5.74) is 0. The molecule has 0 aromatic carbocycles.